The van der Waals surface area contributed by atoms with E-state index in [2.05, 4.69) is 11.8 Å². The van der Waals surface area contributed by atoms with Crippen LogP contribution in [0.25, 0.3) is 0 Å². The van der Waals surface area contributed by atoms with Crippen molar-refractivity contribution in [2.45, 2.75) is 18.9 Å². The highest BCUT2D eigenvalue weighted by Gasteiger charge is 2.04. The largest absolute Gasteiger partial charge is 0.479 e. The number of unbranched alkanes of at least 4 members (excludes halogenated alkanes) is 1. The zero-order valence-electron chi connectivity index (χ0n) is 6.01. The fourth-order valence-corrected chi connectivity index (χ4v) is 0.533. The normalized spacial score (nSPS) is 11.5. The lowest BCUT2D eigenvalue weighted by atomic mass is 10.3. The van der Waals surface area contributed by atoms with Crippen LogP contribution in [0.5, 0.6) is 0 Å². The average Bonchev–Trinajstić information content (AvgIpc) is 1.97. The van der Waals surface area contributed by atoms with Gasteiger partial charge in [-0.15, -0.1) is 17.5 Å². The third-order valence-corrected chi connectivity index (χ3v) is 1.23. The fourth-order valence-electron chi connectivity index (χ4n) is 0.399. The van der Waals surface area contributed by atoms with Crippen LogP contribution < -0.4 is 5.73 Å². The van der Waals surface area contributed by atoms with Gasteiger partial charge < -0.3 is 10.8 Å². The first kappa shape index (κ1) is 10.3. The molecule has 11 heavy (non-hydrogen) atoms. The maximum atomic E-state index is 10.1. The van der Waals surface area contributed by atoms with Crippen LogP contribution in [0.4, 0.5) is 0 Å². The molecule has 0 saturated carbocycles. The molecular weight excluding hydrogens is 166 g/mol. The minimum Gasteiger partial charge on any atom is -0.479 e. The second-order valence-corrected chi connectivity index (χ2v) is 2.31. The zero-order chi connectivity index (χ0) is 8.69. The highest BCUT2D eigenvalue weighted by molar-refractivity contribution is 6.17. The number of rotatable bonds is 3. The van der Waals surface area contributed by atoms with Crippen molar-refractivity contribution in [2.75, 3.05) is 5.88 Å². The number of aliphatic carboxylic acids is 1. The number of alkyl halides is 1. The number of carbonyl (C=O) groups is 1. The Morgan fingerprint density at radius 2 is 2.36 bits per heavy atom. The number of hydrogen-bond acceptors (Lipinski definition) is 2. The number of carboxylic acids is 1. The van der Waals surface area contributed by atoms with Gasteiger partial charge in [0.1, 0.15) is 0 Å². The molecule has 3 nitrogen and oxygen atoms in total. The highest BCUT2D eigenvalue weighted by atomic mass is 35.5. The van der Waals surface area contributed by atoms with Gasteiger partial charge in [0.15, 0.2) is 6.04 Å². The van der Waals surface area contributed by atoms with Gasteiger partial charge in [0.05, 0.1) is 0 Å². The Kier molecular flexibility index (Phi) is 5.63. The average molecular weight is 176 g/mol. The van der Waals surface area contributed by atoms with Crippen LogP contribution >= 0.6 is 11.6 Å². The van der Waals surface area contributed by atoms with Crippen molar-refractivity contribution in [2.24, 2.45) is 5.73 Å². The molecule has 0 aromatic carbocycles. The Balaban J connectivity index is 3.60. The van der Waals surface area contributed by atoms with Gasteiger partial charge in [0.25, 0.3) is 0 Å². The van der Waals surface area contributed by atoms with Crippen LogP contribution in [0.3, 0.4) is 0 Å². The molecule has 3 N–H and O–H groups in total. The molecule has 62 valence electrons. The molecule has 0 aromatic heterocycles. The second kappa shape index (κ2) is 6.02. The summed E-state index contributed by atoms with van der Waals surface area (Å²) < 4.78 is 0. The molecule has 0 spiro atoms. The molecule has 0 fully saturated rings. The molecule has 0 saturated heterocycles. The zero-order valence-corrected chi connectivity index (χ0v) is 6.77. The predicted molar refractivity (Wildman–Crippen MR) is 43.3 cm³/mol. The standard InChI is InChI=1S/C7H10ClNO2/c8-5-3-1-2-4-6(9)7(10)11/h6H,1,3,5,9H2,(H,10,11). The minimum absolute atomic E-state index is 0.539. The summed E-state index contributed by atoms with van der Waals surface area (Å²) in [7, 11) is 0. The van der Waals surface area contributed by atoms with E-state index in [1.54, 1.807) is 0 Å². The molecule has 0 radical (unpaired) electrons. The third kappa shape index (κ3) is 5.71. The van der Waals surface area contributed by atoms with Crippen LogP contribution in [0.1, 0.15) is 12.8 Å². The highest BCUT2D eigenvalue weighted by Crippen LogP contribution is 1.88. The Morgan fingerprint density at radius 1 is 1.73 bits per heavy atom. The number of halogens is 1. The van der Waals surface area contributed by atoms with E-state index in [1.165, 1.54) is 0 Å². The smallest absolute Gasteiger partial charge is 0.333 e. The van der Waals surface area contributed by atoms with Crippen molar-refractivity contribution in [3.8, 4) is 11.8 Å². The summed E-state index contributed by atoms with van der Waals surface area (Å²) >= 11 is 5.36. The van der Waals surface area contributed by atoms with Gasteiger partial charge >= 0.3 is 5.97 Å². The number of nitrogens with two attached hydrogens (primary N) is 1. The van der Waals surface area contributed by atoms with E-state index < -0.39 is 12.0 Å². The van der Waals surface area contributed by atoms with Gasteiger partial charge in [0.2, 0.25) is 0 Å². The first-order valence-electron chi connectivity index (χ1n) is 3.21. The molecule has 0 aromatic rings. The van der Waals surface area contributed by atoms with Crippen molar-refractivity contribution in [1.82, 2.24) is 0 Å². The molecule has 1 atom stereocenters. The van der Waals surface area contributed by atoms with Crippen LogP contribution in [-0.4, -0.2) is 23.0 Å². The Bertz CT molecular complexity index is 183. The molecule has 0 rings (SSSR count). The van der Waals surface area contributed by atoms with E-state index in [9.17, 15) is 4.79 Å². The van der Waals surface area contributed by atoms with Crippen LogP contribution in [0, 0.1) is 11.8 Å². The van der Waals surface area contributed by atoms with Crippen molar-refractivity contribution >= 4 is 17.6 Å². The summed E-state index contributed by atoms with van der Waals surface area (Å²) in [5.41, 5.74) is 5.09. The van der Waals surface area contributed by atoms with Crippen molar-refractivity contribution in [3.05, 3.63) is 0 Å². The monoisotopic (exact) mass is 175 g/mol. The van der Waals surface area contributed by atoms with E-state index in [-0.39, 0.29) is 0 Å². The van der Waals surface area contributed by atoms with Crippen molar-refractivity contribution in [3.63, 3.8) is 0 Å². The Morgan fingerprint density at radius 3 is 2.82 bits per heavy atom. The van der Waals surface area contributed by atoms with Gasteiger partial charge in [-0.1, -0.05) is 5.92 Å². The van der Waals surface area contributed by atoms with Gasteiger partial charge in [-0.2, -0.15) is 0 Å². The predicted octanol–water partition coefficient (Wildman–Crippen LogP) is 0.421. The Labute approximate surface area is 70.5 Å². The maximum Gasteiger partial charge on any atom is 0.333 e. The fraction of sp³-hybridized carbons (Fsp3) is 0.571. The summed E-state index contributed by atoms with van der Waals surface area (Å²) in [5.74, 6) is 4.46. The van der Waals surface area contributed by atoms with Gasteiger partial charge in [-0.3, -0.25) is 0 Å². The quantitative estimate of drug-likeness (QED) is 0.371. The lowest BCUT2D eigenvalue weighted by Gasteiger charge is -1.92. The first-order chi connectivity index (χ1) is 5.18. The molecule has 4 heteroatoms. The topological polar surface area (TPSA) is 63.3 Å². The summed E-state index contributed by atoms with van der Waals surface area (Å²) in [4.78, 5) is 10.1. The van der Waals surface area contributed by atoms with Gasteiger partial charge in [0, 0.05) is 12.3 Å². The van der Waals surface area contributed by atoms with Crippen molar-refractivity contribution in [1.29, 1.82) is 0 Å². The molecule has 0 bridgehead atoms. The Hall–Kier alpha value is -0.720. The second-order valence-electron chi connectivity index (χ2n) is 1.93. The summed E-state index contributed by atoms with van der Waals surface area (Å²) in [6.45, 7) is 0. The maximum absolute atomic E-state index is 10.1. The molecule has 1 unspecified atom stereocenters. The molecular formula is C7H10ClNO2. The lowest BCUT2D eigenvalue weighted by molar-refractivity contribution is -0.137. The third-order valence-electron chi connectivity index (χ3n) is 0.959. The molecule has 0 aliphatic carbocycles. The molecule has 0 heterocycles. The van der Waals surface area contributed by atoms with E-state index in [1.807, 2.05) is 0 Å². The summed E-state index contributed by atoms with van der Waals surface area (Å²) in [6, 6.07) is -1.06. The molecule has 0 aliphatic rings. The minimum atomic E-state index is -1.09. The van der Waals surface area contributed by atoms with Gasteiger partial charge in [-0.05, 0) is 6.42 Å². The number of hydrogen-bond donors (Lipinski definition) is 2. The lowest BCUT2D eigenvalue weighted by Crippen LogP contribution is -2.27. The molecule has 0 amide bonds. The number of carboxylic acid groups (broad SMARTS) is 1. The first-order valence-corrected chi connectivity index (χ1v) is 3.74. The van der Waals surface area contributed by atoms with E-state index in [0.717, 1.165) is 6.42 Å². The van der Waals surface area contributed by atoms with Crippen molar-refractivity contribution < 1.29 is 9.90 Å². The van der Waals surface area contributed by atoms with Gasteiger partial charge in [-0.25, -0.2) is 4.79 Å². The summed E-state index contributed by atoms with van der Waals surface area (Å²) in [5, 5.41) is 8.28. The van der Waals surface area contributed by atoms with E-state index in [0.29, 0.717) is 12.3 Å². The van der Waals surface area contributed by atoms with E-state index >= 15 is 0 Å². The SMILES string of the molecule is NC(C#CCCCCl)C(=O)O. The summed E-state index contributed by atoms with van der Waals surface area (Å²) in [6.07, 6.45) is 1.37. The van der Waals surface area contributed by atoms with Crippen LogP contribution in [0.2, 0.25) is 0 Å². The van der Waals surface area contributed by atoms with E-state index in [4.69, 9.17) is 22.4 Å². The molecule has 0 aliphatic heterocycles. The van der Waals surface area contributed by atoms with Crippen LogP contribution in [-0.2, 0) is 4.79 Å². The van der Waals surface area contributed by atoms with Crippen LogP contribution in [0.15, 0.2) is 0 Å².